The highest BCUT2D eigenvalue weighted by molar-refractivity contribution is 6.33. The van der Waals surface area contributed by atoms with Gasteiger partial charge in [0.15, 0.2) is 0 Å². The minimum atomic E-state index is 0.486. The van der Waals surface area contributed by atoms with Crippen molar-refractivity contribution in [2.45, 2.75) is 0 Å². The average Bonchev–Trinajstić information content (AvgIpc) is 2.25. The summed E-state index contributed by atoms with van der Waals surface area (Å²) in [6, 6.07) is 8.99. The van der Waals surface area contributed by atoms with Crippen molar-refractivity contribution in [3.63, 3.8) is 0 Å². The van der Waals surface area contributed by atoms with E-state index in [4.69, 9.17) is 23.1 Å². The van der Waals surface area contributed by atoms with Crippen LogP contribution in [0.25, 0.3) is 11.3 Å². The summed E-state index contributed by atoms with van der Waals surface area (Å²) in [5, 5.41) is 0.556. The van der Waals surface area contributed by atoms with Crippen molar-refractivity contribution in [1.82, 2.24) is 4.98 Å². The standard InChI is InChI=1S/C11H10ClN3/c12-8-6-10(14)9(13)5-7(8)11-3-1-2-4-15-11/h1-6H,13-14H2. The van der Waals surface area contributed by atoms with Gasteiger partial charge in [-0.2, -0.15) is 0 Å². The third-order valence-corrected chi connectivity index (χ3v) is 2.43. The van der Waals surface area contributed by atoms with Gasteiger partial charge in [-0.3, -0.25) is 4.98 Å². The number of nitrogens with two attached hydrogens (primary N) is 2. The molecule has 0 saturated carbocycles. The summed E-state index contributed by atoms with van der Waals surface area (Å²) < 4.78 is 0. The molecule has 0 aliphatic heterocycles. The maximum atomic E-state index is 6.06. The Morgan fingerprint density at radius 2 is 1.80 bits per heavy atom. The molecule has 0 radical (unpaired) electrons. The zero-order valence-corrected chi connectivity index (χ0v) is 8.70. The van der Waals surface area contributed by atoms with Gasteiger partial charge in [0, 0.05) is 11.8 Å². The molecule has 0 saturated heterocycles. The lowest BCUT2D eigenvalue weighted by Gasteiger charge is -2.07. The first-order chi connectivity index (χ1) is 7.18. The van der Waals surface area contributed by atoms with Crippen LogP contribution in [-0.2, 0) is 0 Å². The van der Waals surface area contributed by atoms with Crippen molar-refractivity contribution in [1.29, 1.82) is 0 Å². The van der Waals surface area contributed by atoms with Gasteiger partial charge in [-0.15, -0.1) is 0 Å². The van der Waals surface area contributed by atoms with Gasteiger partial charge in [-0.25, -0.2) is 0 Å². The number of pyridine rings is 1. The van der Waals surface area contributed by atoms with E-state index in [1.165, 1.54) is 0 Å². The Bertz CT molecular complexity index is 483. The fourth-order valence-corrected chi connectivity index (χ4v) is 1.59. The first kappa shape index (κ1) is 9.80. The molecule has 76 valence electrons. The maximum Gasteiger partial charge on any atom is 0.0717 e. The highest BCUT2D eigenvalue weighted by Crippen LogP contribution is 2.31. The molecule has 1 heterocycles. The molecule has 4 N–H and O–H groups in total. The quantitative estimate of drug-likeness (QED) is 0.725. The summed E-state index contributed by atoms with van der Waals surface area (Å²) in [5.41, 5.74) is 13.9. The number of rotatable bonds is 1. The topological polar surface area (TPSA) is 64.9 Å². The lowest BCUT2D eigenvalue weighted by molar-refractivity contribution is 1.33. The molecule has 0 bridgehead atoms. The summed E-state index contributed by atoms with van der Waals surface area (Å²) in [5.74, 6) is 0. The van der Waals surface area contributed by atoms with Gasteiger partial charge in [0.05, 0.1) is 22.1 Å². The minimum Gasteiger partial charge on any atom is -0.397 e. The van der Waals surface area contributed by atoms with Crippen LogP contribution in [0.4, 0.5) is 11.4 Å². The van der Waals surface area contributed by atoms with E-state index in [-0.39, 0.29) is 0 Å². The Balaban J connectivity index is 2.59. The van der Waals surface area contributed by atoms with Gasteiger partial charge in [0.1, 0.15) is 0 Å². The van der Waals surface area contributed by atoms with Gasteiger partial charge in [-0.1, -0.05) is 17.7 Å². The molecule has 15 heavy (non-hydrogen) atoms. The molecule has 1 aromatic heterocycles. The van der Waals surface area contributed by atoms with E-state index in [1.807, 2.05) is 18.2 Å². The number of nitrogen functional groups attached to an aromatic ring is 2. The monoisotopic (exact) mass is 219 g/mol. The molecule has 0 spiro atoms. The molecular formula is C11H10ClN3. The van der Waals surface area contributed by atoms with Crippen LogP contribution in [-0.4, -0.2) is 4.98 Å². The fraction of sp³-hybridized carbons (Fsp3) is 0. The number of benzene rings is 1. The fourth-order valence-electron chi connectivity index (χ4n) is 1.32. The summed E-state index contributed by atoms with van der Waals surface area (Å²) in [6.45, 7) is 0. The van der Waals surface area contributed by atoms with Crippen molar-refractivity contribution >= 4 is 23.0 Å². The summed E-state index contributed by atoms with van der Waals surface area (Å²) >= 11 is 6.06. The van der Waals surface area contributed by atoms with Crippen molar-refractivity contribution < 1.29 is 0 Å². The predicted octanol–water partition coefficient (Wildman–Crippen LogP) is 2.57. The third-order valence-electron chi connectivity index (χ3n) is 2.11. The smallest absolute Gasteiger partial charge is 0.0717 e. The van der Waals surface area contributed by atoms with Crippen LogP contribution < -0.4 is 11.5 Å². The molecule has 0 amide bonds. The van der Waals surface area contributed by atoms with Crippen LogP contribution in [0, 0.1) is 0 Å². The SMILES string of the molecule is Nc1cc(Cl)c(-c2ccccn2)cc1N. The first-order valence-corrected chi connectivity index (χ1v) is 4.82. The van der Waals surface area contributed by atoms with Gasteiger partial charge in [-0.05, 0) is 24.3 Å². The van der Waals surface area contributed by atoms with E-state index >= 15 is 0 Å². The third kappa shape index (κ3) is 1.87. The van der Waals surface area contributed by atoms with Crippen LogP contribution in [0.5, 0.6) is 0 Å². The highest BCUT2D eigenvalue weighted by atomic mass is 35.5. The van der Waals surface area contributed by atoms with Crippen molar-refractivity contribution in [3.8, 4) is 11.3 Å². The minimum absolute atomic E-state index is 0.486. The normalized spacial score (nSPS) is 10.2. The zero-order chi connectivity index (χ0) is 10.8. The zero-order valence-electron chi connectivity index (χ0n) is 7.94. The summed E-state index contributed by atoms with van der Waals surface area (Å²) in [6.07, 6.45) is 1.71. The molecule has 0 aliphatic rings. The molecule has 0 unspecified atom stereocenters. The van der Waals surface area contributed by atoms with Crippen LogP contribution in [0.15, 0.2) is 36.5 Å². The van der Waals surface area contributed by atoms with Crippen LogP contribution in [0.3, 0.4) is 0 Å². The average molecular weight is 220 g/mol. The van der Waals surface area contributed by atoms with E-state index in [9.17, 15) is 0 Å². The molecule has 0 aliphatic carbocycles. The molecule has 1 aromatic carbocycles. The number of aromatic nitrogens is 1. The number of anilines is 2. The van der Waals surface area contributed by atoms with Gasteiger partial charge in [0.25, 0.3) is 0 Å². The Kier molecular flexibility index (Phi) is 2.47. The van der Waals surface area contributed by atoms with Crippen LogP contribution >= 0.6 is 11.6 Å². The van der Waals surface area contributed by atoms with E-state index in [0.29, 0.717) is 16.4 Å². The summed E-state index contributed by atoms with van der Waals surface area (Å²) in [7, 11) is 0. The van der Waals surface area contributed by atoms with Crippen LogP contribution in [0.2, 0.25) is 5.02 Å². The van der Waals surface area contributed by atoms with E-state index < -0.39 is 0 Å². The van der Waals surface area contributed by atoms with Crippen molar-refractivity contribution in [3.05, 3.63) is 41.6 Å². The highest BCUT2D eigenvalue weighted by Gasteiger charge is 2.07. The number of hydrogen-bond donors (Lipinski definition) is 2. The Morgan fingerprint density at radius 3 is 2.47 bits per heavy atom. The van der Waals surface area contributed by atoms with Gasteiger partial charge in [0.2, 0.25) is 0 Å². The van der Waals surface area contributed by atoms with E-state index in [0.717, 1.165) is 11.3 Å². The number of nitrogens with zero attached hydrogens (tertiary/aromatic N) is 1. The molecule has 0 fully saturated rings. The Morgan fingerprint density at radius 1 is 1.07 bits per heavy atom. The van der Waals surface area contributed by atoms with E-state index in [1.54, 1.807) is 18.3 Å². The molecule has 0 atom stereocenters. The van der Waals surface area contributed by atoms with E-state index in [2.05, 4.69) is 4.98 Å². The summed E-state index contributed by atoms with van der Waals surface area (Å²) in [4.78, 5) is 4.20. The second kappa shape index (κ2) is 3.79. The van der Waals surface area contributed by atoms with Crippen LogP contribution in [0.1, 0.15) is 0 Å². The second-order valence-corrected chi connectivity index (χ2v) is 3.58. The lowest BCUT2D eigenvalue weighted by atomic mass is 10.1. The van der Waals surface area contributed by atoms with Crippen molar-refractivity contribution in [2.24, 2.45) is 0 Å². The molecular weight excluding hydrogens is 210 g/mol. The number of halogens is 1. The second-order valence-electron chi connectivity index (χ2n) is 3.18. The Labute approximate surface area is 92.7 Å². The molecule has 2 rings (SSSR count). The Hall–Kier alpha value is -1.74. The van der Waals surface area contributed by atoms with Crippen molar-refractivity contribution in [2.75, 3.05) is 11.5 Å². The van der Waals surface area contributed by atoms with Gasteiger partial charge >= 0.3 is 0 Å². The largest absolute Gasteiger partial charge is 0.397 e. The first-order valence-electron chi connectivity index (χ1n) is 4.44. The lowest BCUT2D eigenvalue weighted by Crippen LogP contribution is -1.95. The molecule has 4 heteroatoms. The molecule has 3 nitrogen and oxygen atoms in total. The molecule has 2 aromatic rings. The maximum absolute atomic E-state index is 6.06. The van der Waals surface area contributed by atoms with Gasteiger partial charge < -0.3 is 11.5 Å². The number of hydrogen-bond acceptors (Lipinski definition) is 3. The predicted molar refractivity (Wildman–Crippen MR) is 63.5 cm³/mol.